The third-order valence-electron chi connectivity index (χ3n) is 4.43. The minimum absolute atomic E-state index is 0.245. The first-order chi connectivity index (χ1) is 11.2. The Bertz CT molecular complexity index is 772. The van der Waals surface area contributed by atoms with Crippen LogP contribution in [-0.2, 0) is 11.3 Å². The van der Waals surface area contributed by atoms with E-state index in [4.69, 9.17) is 9.72 Å². The van der Waals surface area contributed by atoms with Gasteiger partial charge in [0.25, 0.3) is 0 Å². The van der Waals surface area contributed by atoms with E-state index in [1.54, 1.807) is 11.3 Å². The monoisotopic (exact) mass is 328 g/mol. The van der Waals surface area contributed by atoms with Gasteiger partial charge in [-0.15, -0.1) is 11.3 Å². The molecule has 4 rings (SSSR count). The minimum atomic E-state index is 0.245. The van der Waals surface area contributed by atoms with Crippen molar-refractivity contribution in [2.75, 3.05) is 19.8 Å². The molecule has 5 nitrogen and oxygen atoms in total. The van der Waals surface area contributed by atoms with Gasteiger partial charge in [0.2, 0.25) is 0 Å². The summed E-state index contributed by atoms with van der Waals surface area (Å²) in [7, 11) is 0. The second kappa shape index (κ2) is 6.03. The third-order valence-corrected chi connectivity index (χ3v) is 5.46. The molecule has 0 radical (unpaired) electrons. The number of para-hydroxylation sites is 1. The Labute approximate surface area is 139 Å². The molecule has 1 aromatic carbocycles. The number of ether oxygens (including phenoxy) is 1. The maximum Gasteiger partial charge on any atom is 0.108 e. The summed E-state index contributed by atoms with van der Waals surface area (Å²) in [6, 6.07) is 8.57. The number of H-pyrrole nitrogens is 1. The highest BCUT2D eigenvalue weighted by Crippen LogP contribution is 2.31. The number of thiazole rings is 1. The van der Waals surface area contributed by atoms with Crippen molar-refractivity contribution < 1.29 is 4.74 Å². The highest BCUT2D eigenvalue weighted by Gasteiger charge is 2.29. The van der Waals surface area contributed by atoms with Crippen molar-refractivity contribution in [3.05, 3.63) is 46.2 Å². The van der Waals surface area contributed by atoms with E-state index in [0.29, 0.717) is 6.61 Å². The van der Waals surface area contributed by atoms with Crippen LogP contribution in [0, 0.1) is 13.8 Å². The van der Waals surface area contributed by atoms with Gasteiger partial charge < -0.3 is 4.74 Å². The molecule has 1 unspecified atom stereocenters. The Hall–Kier alpha value is -1.76. The Morgan fingerprint density at radius 3 is 3.00 bits per heavy atom. The highest BCUT2D eigenvalue weighted by atomic mass is 32.1. The van der Waals surface area contributed by atoms with Gasteiger partial charge in [-0.2, -0.15) is 5.10 Å². The lowest BCUT2D eigenvalue weighted by Gasteiger charge is -2.35. The molecule has 2 aromatic heterocycles. The molecule has 1 atom stereocenters. The summed E-state index contributed by atoms with van der Waals surface area (Å²) in [4.78, 5) is 7.24. The van der Waals surface area contributed by atoms with Crippen LogP contribution in [0.5, 0.6) is 0 Å². The van der Waals surface area contributed by atoms with Crippen LogP contribution >= 0.6 is 11.3 Å². The van der Waals surface area contributed by atoms with Crippen LogP contribution in [0.4, 0.5) is 0 Å². The standard InChI is InChI=1S/C17H20N4OS/c1-11-17(12(2)20-19-11)14-10-22-8-7-21(14)9-16-18-13-5-3-4-6-15(13)23-16/h3-6,14H,7-10H2,1-2H3,(H,19,20). The van der Waals surface area contributed by atoms with E-state index in [0.717, 1.165) is 41.6 Å². The van der Waals surface area contributed by atoms with Crippen molar-refractivity contribution in [3.63, 3.8) is 0 Å². The zero-order valence-electron chi connectivity index (χ0n) is 13.4. The van der Waals surface area contributed by atoms with Gasteiger partial charge >= 0.3 is 0 Å². The fourth-order valence-electron chi connectivity index (χ4n) is 3.31. The van der Waals surface area contributed by atoms with Gasteiger partial charge in [-0.1, -0.05) is 12.1 Å². The number of rotatable bonds is 3. The van der Waals surface area contributed by atoms with Crippen molar-refractivity contribution >= 4 is 21.6 Å². The first-order valence-electron chi connectivity index (χ1n) is 7.90. The lowest BCUT2D eigenvalue weighted by molar-refractivity contribution is -0.0131. The van der Waals surface area contributed by atoms with E-state index in [9.17, 15) is 0 Å². The van der Waals surface area contributed by atoms with Gasteiger partial charge in [0, 0.05) is 17.8 Å². The highest BCUT2D eigenvalue weighted by molar-refractivity contribution is 7.18. The number of aromatic nitrogens is 3. The number of hydrogen-bond acceptors (Lipinski definition) is 5. The summed E-state index contributed by atoms with van der Waals surface area (Å²) in [6.07, 6.45) is 0. The Morgan fingerprint density at radius 2 is 2.22 bits per heavy atom. The molecule has 0 spiro atoms. The molecule has 1 aliphatic heterocycles. The molecular formula is C17H20N4OS. The molecule has 0 amide bonds. The normalized spacial score (nSPS) is 19.5. The summed E-state index contributed by atoms with van der Waals surface area (Å²) in [6.45, 7) is 7.41. The first kappa shape index (κ1) is 14.8. The quantitative estimate of drug-likeness (QED) is 0.802. The fraction of sp³-hybridized carbons (Fsp3) is 0.412. The molecular weight excluding hydrogens is 308 g/mol. The second-order valence-corrected chi connectivity index (χ2v) is 7.10. The smallest absolute Gasteiger partial charge is 0.108 e. The van der Waals surface area contributed by atoms with Gasteiger partial charge in [-0.3, -0.25) is 10.00 Å². The topological polar surface area (TPSA) is 54.0 Å². The number of hydrogen-bond donors (Lipinski definition) is 1. The summed E-state index contributed by atoms with van der Waals surface area (Å²) < 4.78 is 7.00. The predicted molar refractivity (Wildman–Crippen MR) is 91.7 cm³/mol. The van der Waals surface area contributed by atoms with E-state index in [2.05, 4.69) is 47.1 Å². The number of morpholine rings is 1. The molecule has 1 aliphatic rings. The molecule has 0 saturated carbocycles. The number of aryl methyl sites for hydroxylation is 2. The van der Waals surface area contributed by atoms with Gasteiger partial charge in [-0.25, -0.2) is 4.98 Å². The number of nitrogens with one attached hydrogen (secondary N) is 1. The Morgan fingerprint density at radius 1 is 1.35 bits per heavy atom. The average Bonchev–Trinajstić information content (AvgIpc) is 3.11. The van der Waals surface area contributed by atoms with Crippen LogP contribution < -0.4 is 0 Å². The Balaban J connectivity index is 1.63. The number of aromatic amines is 1. The van der Waals surface area contributed by atoms with Crippen molar-refractivity contribution in [2.24, 2.45) is 0 Å². The lowest BCUT2D eigenvalue weighted by Crippen LogP contribution is -2.39. The number of fused-ring (bicyclic) bond motifs is 1. The average molecular weight is 328 g/mol. The molecule has 23 heavy (non-hydrogen) atoms. The van der Waals surface area contributed by atoms with Crippen molar-refractivity contribution in [3.8, 4) is 0 Å². The number of benzene rings is 1. The molecule has 0 aliphatic carbocycles. The third kappa shape index (κ3) is 2.78. The van der Waals surface area contributed by atoms with E-state index in [1.807, 2.05) is 6.07 Å². The van der Waals surface area contributed by atoms with Crippen LogP contribution in [-0.4, -0.2) is 39.8 Å². The molecule has 1 fully saturated rings. The van der Waals surface area contributed by atoms with Crippen LogP contribution in [0.3, 0.4) is 0 Å². The van der Waals surface area contributed by atoms with E-state index in [1.165, 1.54) is 10.3 Å². The second-order valence-electron chi connectivity index (χ2n) is 5.98. The van der Waals surface area contributed by atoms with Gasteiger partial charge in [0.15, 0.2) is 0 Å². The van der Waals surface area contributed by atoms with Crippen molar-refractivity contribution in [2.45, 2.75) is 26.4 Å². The molecule has 0 bridgehead atoms. The SMILES string of the molecule is Cc1n[nH]c(C)c1C1COCCN1Cc1nc2ccccc2s1. The van der Waals surface area contributed by atoms with Crippen LogP contribution in [0.15, 0.2) is 24.3 Å². The van der Waals surface area contributed by atoms with E-state index >= 15 is 0 Å². The molecule has 3 heterocycles. The largest absolute Gasteiger partial charge is 0.378 e. The van der Waals surface area contributed by atoms with Crippen LogP contribution in [0.1, 0.15) is 28.0 Å². The molecule has 1 N–H and O–H groups in total. The van der Waals surface area contributed by atoms with Crippen molar-refractivity contribution in [1.82, 2.24) is 20.1 Å². The minimum Gasteiger partial charge on any atom is -0.378 e. The van der Waals surface area contributed by atoms with Gasteiger partial charge in [0.05, 0.1) is 41.7 Å². The summed E-state index contributed by atoms with van der Waals surface area (Å²) >= 11 is 1.78. The summed E-state index contributed by atoms with van der Waals surface area (Å²) in [5.74, 6) is 0. The van der Waals surface area contributed by atoms with Crippen molar-refractivity contribution in [1.29, 1.82) is 0 Å². The number of nitrogens with zero attached hydrogens (tertiary/aromatic N) is 3. The van der Waals surface area contributed by atoms with E-state index < -0.39 is 0 Å². The molecule has 1 saturated heterocycles. The first-order valence-corrected chi connectivity index (χ1v) is 8.72. The van der Waals surface area contributed by atoms with E-state index in [-0.39, 0.29) is 6.04 Å². The maximum atomic E-state index is 5.74. The molecule has 3 aromatic rings. The fourth-order valence-corrected chi connectivity index (χ4v) is 4.30. The van der Waals surface area contributed by atoms with Gasteiger partial charge in [-0.05, 0) is 26.0 Å². The predicted octanol–water partition coefficient (Wildman–Crippen LogP) is 3.21. The lowest BCUT2D eigenvalue weighted by atomic mass is 10.0. The molecule has 120 valence electrons. The zero-order chi connectivity index (χ0) is 15.8. The summed E-state index contributed by atoms with van der Waals surface area (Å²) in [5, 5.41) is 8.61. The molecule has 6 heteroatoms. The van der Waals surface area contributed by atoms with Crippen LogP contribution in [0.2, 0.25) is 0 Å². The zero-order valence-corrected chi connectivity index (χ0v) is 14.2. The van der Waals surface area contributed by atoms with Gasteiger partial charge in [0.1, 0.15) is 5.01 Å². The maximum absolute atomic E-state index is 5.74. The Kier molecular flexibility index (Phi) is 3.88. The summed E-state index contributed by atoms with van der Waals surface area (Å²) in [5.41, 5.74) is 4.55. The van der Waals surface area contributed by atoms with Crippen LogP contribution in [0.25, 0.3) is 10.2 Å².